The minimum absolute atomic E-state index is 0.0264. The molecule has 2 amide bonds. The number of carbonyl (C=O) groups excluding carboxylic acids is 2. The van der Waals surface area contributed by atoms with E-state index in [9.17, 15) is 18.0 Å². The molecule has 42 heavy (non-hydrogen) atoms. The summed E-state index contributed by atoms with van der Waals surface area (Å²) < 4.78 is 40.4. The maximum absolute atomic E-state index is 14.2. The number of anilines is 1. The lowest BCUT2D eigenvalue weighted by molar-refractivity contribution is -0.140. The summed E-state index contributed by atoms with van der Waals surface area (Å²) in [6, 6.07) is 18.7. The molecule has 0 fully saturated rings. The summed E-state index contributed by atoms with van der Waals surface area (Å²) in [5.41, 5.74) is 0.985. The second-order valence-corrected chi connectivity index (χ2v) is 12.3. The predicted octanol–water partition coefficient (Wildman–Crippen LogP) is 5.03. The van der Waals surface area contributed by atoms with Gasteiger partial charge in [0.25, 0.3) is 10.0 Å². The van der Waals surface area contributed by atoms with Crippen molar-refractivity contribution in [1.29, 1.82) is 0 Å². The van der Waals surface area contributed by atoms with Crippen molar-refractivity contribution in [3.05, 3.63) is 83.4 Å². The van der Waals surface area contributed by atoms with Crippen LogP contribution >= 0.6 is 11.6 Å². The van der Waals surface area contributed by atoms with Crippen LogP contribution in [0.4, 0.5) is 5.69 Å². The highest BCUT2D eigenvalue weighted by Crippen LogP contribution is 2.36. The second-order valence-electron chi connectivity index (χ2n) is 10.0. The SMILES string of the molecule is CCC(C)NC(=O)C(CC)N(Cc1ccc(Cl)cc1)C(=O)CN(c1ccc2c(c1)OCCO2)S(=O)(=O)c1ccccc1. The Labute approximate surface area is 252 Å². The van der Waals surface area contributed by atoms with Gasteiger partial charge in [-0.05, 0) is 61.7 Å². The number of amides is 2. The molecule has 0 aromatic heterocycles. The minimum Gasteiger partial charge on any atom is -0.486 e. The van der Waals surface area contributed by atoms with E-state index in [1.54, 1.807) is 60.7 Å². The van der Waals surface area contributed by atoms with Crippen LogP contribution in [0, 0.1) is 0 Å². The molecule has 4 rings (SSSR count). The molecule has 1 N–H and O–H groups in total. The van der Waals surface area contributed by atoms with Crippen molar-refractivity contribution in [3.8, 4) is 11.5 Å². The van der Waals surface area contributed by atoms with E-state index in [1.807, 2.05) is 20.8 Å². The van der Waals surface area contributed by atoms with Gasteiger partial charge in [0, 0.05) is 23.7 Å². The first-order valence-corrected chi connectivity index (χ1v) is 15.8. The Morgan fingerprint density at radius 2 is 1.60 bits per heavy atom. The number of carbonyl (C=O) groups is 2. The van der Waals surface area contributed by atoms with Crippen LogP contribution in [0.3, 0.4) is 0 Å². The third kappa shape index (κ3) is 7.35. The minimum atomic E-state index is -4.19. The normalized spacial score (nSPS) is 14.0. The monoisotopic (exact) mass is 613 g/mol. The molecular weight excluding hydrogens is 578 g/mol. The number of halogens is 1. The zero-order valence-corrected chi connectivity index (χ0v) is 25.5. The van der Waals surface area contributed by atoms with E-state index in [1.165, 1.54) is 17.0 Å². The first-order valence-electron chi connectivity index (χ1n) is 14.0. The van der Waals surface area contributed by atoms with Gasteiger partial charge in [-0.15, -0.1) is 0 Å². The number of sulfonamides is 1. The van der Waals surface area contributed by atoms with Crippen LogP contribution in [0.5, 0.6) is 11.5 Å². The van der Waals surface area contributed by atoms with Crippen LogP contribution in [-0.4, -0.2) is 57.0 Å². The van der Waals surface area contributed by atoms with Gasteiger partial charge in [-0.1, -0.05) is 55.8 Å². The van der Waals surface area contributed by atoms with Gasteiger partial charge in [0.2, 0.25) is 11.8 Å². The molecule has 0 aliphatic carbocycles. The average Bonchev–Trinajstić information content (AvgIpc) is 3.00. The molecule has 3 aromatic rings. The second kappa shape index (κ2) is 13.9. The van der Waals surface area contributed by atoms with Crippen molar-refractivity contribution >= 4 is 39.1 Å². The fourth-order valence-corrected chi connectivity index (χ4v) is 6.14. The molecule has 0 saturated carbocycles. The molecule has 2 unspecified atom stereocenters. The molecule has 224 valence electrons. The number of hydrogen-bond donors (Lipinski definition) is 1. The molecular formula is C31H36ClN3O6S. The van der Waals surface area contributed by atoms with Crippen molar-refractivity contribution in [3.63, 3.8) is 0 Å². The zero-order chi connectivity index (χ0) is 30.3. The Kier molecular flexibility index (Phi) is 10.3. The van der Waals surface area contributed by atoms with Crippen molar-refractivity contribution in [1.82, 2.24) is 10.2 Å². The van der Waals surface area contributed by atoms with Gasteiger partial charge < -0.3 is 19.7 Å². The van der Waals surface area contributed by atoms with Crippen LogP contribution in [0.25, 0.3) is 0 Å². The number of nitrogens with one attached hydrogen (secondary N) is 1. The standard InChI is InChI=1S/C31H36ClN3O6S/c1-4-22(3)33-31(37)27(5-2)34(20-23-11-13-24(32)14-12-23)30(36)21-35(42(38,39)26-9-7-6-8-10-26)25-15-16-28-29(19-25)41-18-17-40-28/h6-16,19,22,27H,4-5,17-18,20-21H2,1-3H3,(H,33,37). The van der Waals surface area contributed by atoms with E-state index in [0.29, 0.717) is 36.2 Å². The van der Waals surface area contributed by atoms with E-state index in [0.717, 1.165) is 16.3 Å². The number of hydrogen-bond acceptors (Lipinski definition) is 6. The first kappa shape index (κ1) is 31.2. The molecule has 11 heteroatoms. The lowest BCUT2D eigenvalue weighted by Gasteiger charge is -2.34. The molecule has 3 aromatic carbocycles. The van der Waals surface area contributed by atoms with Crippen LogP contribution in [-0.2, 0) is 26.2 Å². The number of benzene rings is 3. The van der Waals surface area contributed by atoms with Gasteiger partial charge in [-0.25, -0.2) is 8.42 Å². The summed E-state index contributed by atoms with van der Waals surface area (Å²) in [5.74, 6) is 0.0406. The van der Waals surface area contributed by atoms with Crippen LogP contribution in [0.1, 0.15) is 39.2 Å². The van der Waals surface area contributed by atoms with Crippen molar-refractivity contribution in [2.45, 2.75) is 57.1 Å². The molecule has 9 nitrogen and oxygen atoms in total. The van der Waals surface area contributed by atoms with E-state index < -0.39 is 28.5 Å². The number of rotatable bonds is 12. The molecule has 1 aliphatic heterocycles. The summed E-state index contributed by atoms with van der Waals surface area (Å²) in [5, 5.41) is 3.51. The van der Waals surface area contributed by atoms with E-state index >= 15 is 0 Å². The van der Waals surface area contributed by atoms with Gasteiger partial charge in [0.15, 0.2) is 11.5 Å². The van der Waals surface area contributed by atoms with Gasteiger partial charge >= 0.3 is 0 Å². The number of fused-ring (bicyclic) bond motifs is 1. The molecule has 0 radical (unpaired) electrons. The average molecular weight is 614 g/mol. The quantitative estimate of drug-likeness (QED) is 0.307. The van der Waals surface area contributed by atoms with Crippen molar-refractivity contribution in [2.24, 2.45) is 0 Å². The van der Waals surface area contributed by atoms with E-state index in [-0.39, 0.29) is 29.1 Å². The summed E-state index contributed by atoms with van der Waals surface area (Å²) in [4.78, 5) is 29.0. The summed E-state index contributed by atoms with van der Waals surface area (Å²) in [6.07, 6.45) is 1.05. The highest BCUT2D eigenvalue weighted by molar-refractivity contribution is 7.92. The topological polar surface area (TPSA) is 105 Å². The van der Waals surface area contributed by atoms with Crippen molar-refractivity contribution < 1.29 is 27.5 Å². The molecule has 0 spiro atoms. The molecule has 0 saturated heterocycles. The molecule has 1 heterocycles. The van der Waals surface area contributed by atoms with Crippen LogP contribution in [0.15, 0.2) is 77.7 Å². The van der Waals surface area contributed by atoms with E-state index in [4.69, 9.17) is 21.1 Å². The summed E-state index contributed by atoms with van der Waals surface area (Å²) in [6.45, 7) is 5.92. The highest BCUT2D eigenvalue weighted by Gasteiger charge is 2.34. The maximum Gasteiger partial charge on any atom is 0.264 e. The molecule has 0 bridgehead atoms. The highest BCUT2D eigenvalue weighted by atomic mass is 35.5. The lowest BCUT2D eigenvalue weighted by atomic mass is 10.1. The van der Waals surface area contributed by atoms with Gasteiger partial charge in [0.1, 0.15) is 25.8 Å². The summed E-state index contributed by atoms with van der Waals surface area (Å²) >= 11 is 6.08. The van der Waals surface area contributed by atoms with Gasteiger partial charge in [-0.2, -0.15) is 0 Å². The number of nitrogens with zero attached hydrogens (tertiary/aromatic N) is 2. The largest absolute Gasteiger partial charge is 0.486 e. The third-order valence-electron chi connectivity index (χ3n) is 7.08. The first-order chi connectivity index (χ1) is 20.1. The Balaban J connectivity index is 1.75. The van der Waals surface area contributed by atoms with Gasteiger partial charge in [-0.3, -0.25) is 13.9 Å². The smallest absolute Gasteiger partial charge is 0.264 e. The molecule has 1 aliphatic rings. The maximum atomic E-state index is 14.2. The Morgan fingerprint density at radius 1 is 0.929 bits per heavy atom. The lowest BCUT2D eigenvalue weighted by Crippen LogP contribution is -2.53. The molecule has 2 atom stereocenters. The van der Waals surface area contributed by atoms with Crippen LogP contribution < -0.4 is 19.1 Å². The third-order valence-corrected chi connectivity index (χ3v) is 9.12. The van der Waals surface area contributed by atoms with Crippen LogP contribution in [0.2, 0.25) is 5.02 Å². The van der Waals surface area contributed by atoms with Crippen molar-refractivity contribution in [2.75, 3.05) is 24.1 Å². The van der Waals surface area contributed by atoms with E-state index in [2.05, 4.69) is 5.32 Å². The number of ether oxygens (including phenoxy) is 2. The Morgan fingerprint density at radius 3 is 2.24 bits per heavy atom. The Hall–Kier alpha value is -3.76. The predicted molar refractivity (Wildman–Crippen MR) is 162 cm³/mol. The summed E-state index contributed by atoms with van der Waals surface area (Å²) in [7, 11) is -4.19. The zero-order valence-electron chi connectivity index (χ0n) is 24.0. The van der Waals surface area contributed by atoms with Gasteiger partial charge in [0.05, 0.1) is 10.6 Å². The fraction of sp³-hybridized carbons (Fsp3) is 0.355. The Bertz CT molecular complexity index is 1480. The fourth-order valence-electron chi connectivity index (χ4n) is 4.58.